The van der Waals surface area contributed by atoms with Crippen LogP contribution in [-0.2, 0) is 14.6 Å². The number of nitrogens with zero attached hydrogens (tertiary/aromatic N) is 1. The molecule has 1 aromatic rings. The van der Waals surface area contributed by atoms with Crippen LogP contribution in [0.2, 0.25) is 0 Å². The third-order valence-electron chi connectivity index (χ3n) is 3.36. The van der Waals surface area contributed by atoms with Crippen LogP contribution in [0.5, 0.6) is 0 Å². The van der Waals surface area contributed by atoms with E-state index in [4.69, 9.17) is 5.11 Å². The van der Waals surface area contributed by atoms with Gasteiger partial charge in [-0.3, -0.25) is 4.79 Å². The SMILES string of the molecule is Cc1cc(C)c2c(c1)N(CC(=O)O)CC(C)S2(=O)=O. The maximum Gasteiger partial charge on any atom is 0.323 e. The van der Waals surface area contributed by atoms with Gasteiger partial charge in [0.2, 0.25) is 0 Å². The second-order valence-corrected chi connectivity index (χ2v) is 7.36. The van der Waals surface area contributed by atoms with Gasteiger partial charge in [0.1, 0.15) is 6.54 Å². The molecule has 1 heterocycles. The van der Waals surface area contributed by atoms with Gasteiger partial charge in [-0.25, -0.2) is 8.42 Å². The Morgan fingerprint density at radius 3 is 2.63 bits per heavy atom. The molecular formula is C13H17NO4S. The summed E-state index contributed by atoms with van der Waals surface area (Å²) < 4.78 is 24.8. The van der Waals surface area contributed by atoms with E-state index in [-0.39, 0.29) is 18.0 Å². The second-order valence-electron chi connectivity index (χ2n) is 5.06. The van der Waals surface area contributed by atoms with Gasteiger partial charge in [-0.2, -0.15) is 0 Å². The Bertz CT molecular complexity index is 636. The Kier molecular flexibility index (Phi) is 3.30. The summed E-state index contributed by atoms with van der Waals surface area (Å²) in [6.07, 6.45) is 0. The Balaban J connectivity index is 2.68. The van der Waals surface area contributed by atoms with E-state index in [1.165, 1.54) is 0 Å². The fourth-order valence-corrected chi connectivity index (χ4v) is 4.32. The lowest BCUT2D eigenvalue weighted by atomic mass is 10.1. The van der Waals surface area contributed by atoms with E-state index in [1.54, 1.807) is 24.8 Å². The first kappa shape index (κ1) is 13.9. The van der Waals surface area contributed by atoms with E-state index in [1.807, 2.05) is 13.0 Å². The number of anilines is 1. The van der Waals surface area contributed by atoms with Crippen molar-refractivity contribution in [3.05, 3.63) is 23.3 Å². The predicted octanol–water partition coefficient (Wildman–Crippen LogP) is 1.37. The number of carboxylic acid groups (broad SMARTS) is 1. The predicted molar refractivity (Wildman–Crippen MR) is 72.4 cm³/mol. The molecule has 6 heteroatoms. The van der Waals surface area contributed by atoms with Crippen molar-refractivity contribution in [2.45, 2.75) is 30.9 Å². The second kappa shape index (κ2) is 4.52. The van der Waals surface area contributed by atoms with Gasteiger partial charge in [0.25, 0.3) is 0 Å². The lowest BCUT2D eigenvalue weighted by Gasteiger charge is -2.34. The third-order valence-corrected chi connectivity index (χ3v) is 5.67. The molecule has 0 bridgehead atoms. The average molecular weight is 283 g/mol. The molecule has 1 aliphatic rings. The van der Waals surface area contributed by atoms with E-state index >= 15 is 0 Å². The molecule has 0 saturated heterocycles. The van der Waals surface area contributed by atoms with Crippen molar-refractivity contribution in [2.24, 2.45) is 0 Å². The number of hydrogen-bond acceptors (Lipinski definition) is 4. The number of benzene rings is 1. The molecule has 5 nitrogen and oxygen atoms in total. The van der Waals surface area contributed by atoms with Crippen molar-refractivity contribution in [1.29, 1.82) is 0 Å². The molecule has 0 fully saturated rings. The smallest absolute Gasteiger partial charge is 0.323 e. The summed E-state index contributed by atoms with van der Waals surface area (Å²) in [7, 11) is -3.37. The molecule has 19 heavy (non-hydrogen) atoms. The number of rotatable bonds is 2. The molecule has 0 amide bonds. The minimum atomic E-state index is -3.37. The molecule has 104 valence electrons. The van der Waals surface area contributed by atoms with Crippen LogP contribution < -0.4 is 4.90 Å². The maximum atomic E-state index is 12.4. The largest absolute Gasteiger partial charge is 0.480 e. The molecule has 1 unspecified atom stereocenters. The first-order chi connectivity index (χ1) is 8.73. The first-order valence-electron chi connectivity index (χ1n) is 6.05. The Labute approximate surface area is 112 Å². The standard InChI is InChI=1S/C13H17NO4S/c1-8-4-9(2)13-11(5-8)14(7-12(15)16)6-10(3)19(13,17)18/h4-5,10H,6-7H2,1-3H3,(H,15,16). The normalized spacial score (nSPS) is 21.0. The summed E-state index contributed by atoms with van der Waals surface area (Å²) in [5.41, 5.74) is 2.12. The Morgan fingerprint density at radius 1 is 1.42 bits per heavy atom. The molecule has 0 spiro atoms. The number of fused-ring (bicyclic) bond motifs is 1. The van der Waals surface area contributed by atoms with Crippen LogP contribution in [0.3, 0.4) is 0 Å². The zero-order chi connectivity index (χ0) is 14.4. The summed E-state index contributed by atoms with van der Waals surface area (Å²) in [6, 6.07) is 3.56. The number of carbonyl (C=O) groups is 1. The Hall–Kier alpha value is -1.56. The molecule has 0 aromatic heterocycles. The summed E-state index contributed by atoms with van der Waals surface area (Å²) in [5, 5.41) is 8.36. The van der Waals surface area contributed by atoms with Gasteiger partial charge in [-0.15, -0.1) is 0 Å². The molecule has 1 N–H and O–H groups in total. The number of carboxylic acids is 1. The zero-order valence-corrected chi connectivity index (χ0v) is 12.0. The molecule has 1 aromatic carbocycles. The summed E-state index contributed by atoms with van der Waals surface area (Å²) >= 11 is 0. The van der Waals surface area contributed by atoms with Crippen molar-refractivity contribution in [1.82, 2.24) is 0 Å². The van der Waals surface area contributed by atoms with E-state index < -0.39 is 21.1 Å². The fraction of sp³-hybridized carbons (Fsp3) is 0.462. The van der Waals surface area contributed by atoms with Crippen LogP contribution in [0.15, 0.2) is 17.0 Å². The molecular weight excluding hydrogens is 266 g/mol. The third kappa shape index (κ3) is 2.32. The van der Waals surface area contributed by atoms with Crippen molar-refractivity contribution >= 4 is 21.5 Å². The topological polar surface area (TPSA) is 74.7 Å². The van der Waals surface area contributed by atoms with Crippen molar-refractivity contribution in [2.75, 3.05) is 18.0 Å². The highest BCUT2D eigenvalue weighted by Gasteiger charge is 2.36. The monoisotopic (exact) mass is 283 g/mol. The van der Waals surface area contributed by atoms with E-state index in [2.05, 4.69) is 0 Å². The highest BCUT2D eigenvalue weighted by Crippen LogP contribution is 2.36. The van der Waals surface area contributed by atoms with Gasteiger partial charge in [0, 0.05) is 6.54 Å². The summed E-state index contributed by atoms with van der Waals surface area (Å²) in [5.74, 6) is -0.961. The van der Waals surface area contributed by atoms with E-state index in [9.17, 15) is 13.2 Å². The first-order valence-corrected chi connectivity index (χ1v) is 7.60. The number of sulfone groups is 1. The summed E-state index contributed by atoms with van der Waals surface area (Å²) in [6.45, 7) is 5.27. The van der Waals surface area contributed by atoms with Crippen LogP contribution in [0.1, 0.15) is 18.1 Å². The minimum absolute atomic E-state index is 0.185. The lowest BCUT2D eigenvalue weighted by Crippen LogP contribution is -2.43. The van der Waals surface area contributed by atoms with Crippen molar-refractivity contribution in [3.8, 4) is 0 Å². The van der Waals surface area contributed by atoms with Crippen LogP contribution in [0.25, 0.3) is 0 Å². The van der Waals surface area contributed by atoms with E-state index in [0.29, 0.717) is 11.3 Å². The van der Waals surface area contributed by atoms with Gasteiger partial charge in [-0.05, 0) is 38.0 Å². The number of aliphatic carboxylic acids is 1. The average Bonchev–Trinajstić information content (AvgIpc) is 2.23. The minimum Gasteiger partial charge on any atom is -0.480 e. The van der Waals surface area contributed by atoms with Gasteiger partial charge in [-0.1, -0.05) is 6.07 Å². The van der Waals surface area contributed by atoms with E-state index in [0.717, 1.165) is 5.56 Å². The molecule has 0 saturated carbocycles. The number of aryl methyl sites for hydroxylation is 2. The molecule has 0 radical (unpaired) electrons. The highest BCUT2D eigenvalue weighted by atomic mass is 32.2. The molecule has 1 atom stereocenters. The van der Waals surface area contributed by atoms with Crippen LogP contribution in [-0.4, -0.2) is 37.8 Å². The van der Waals surface area contributed by atoms with Gasteiger partial charge < -0.3 is 10.0 Å². The van der Waals surface area contributed by atoms with Gasteiger partial charge in [0.05, 0.1) is 15.8 Å². The maximum absolute atomic E-state index is 12.4. The Morgan fingerprint density at radius 2 is 2.05 bits per heavy atom. The van der Waals surface area contributed by atoms with Crippen LogP contribution >= 0.6 is 0 Å². The quantitative estimate of drug-likeness (QED) is 0.887. The van der Waals surface area contributed by atoms with Gasteiger partial charge in [0.15, 0.2) is 9.84 Å². The molecule has 2 rings (SSSR count). The lowest BCUT2D eigenvalue weighted by molar-refractivity contribution is -0.135. The van der Waals surface area contributed by atoms with Crippen LogP contribution in [0, 0.1) is 13.8 Å². The summed E-state index contributed by atoms with van der Waals surface area (Å²) in [4.78, 5) is 12.8. The molecule has 0 aliphatic carbocycles. The van der Waals surface area contributed by atoms with Gasteiger partial charge >= 0.3 is 5.97 Å². The number of hydrogen-bond donors (Lipinski definition) is 1. The highest BCUT2D eigenvalue weighted by molar-refractivity contribution is 7.92. The fourth-order valence-electron chi connectivity index (χ4n) is 2.56. The van der Waals surface area contributed by atoms with Crippen molar-refractivity contribution in [3.63, 3.8) is 0 Å². The van der Waals surface area contributed by atoms with Crippen molar-refractivity contribution < 1.29 is 18.3 Å². The van der Waals surface area contributed by atoms with Crippen LogP contribution in [0.4, 0.5) is 5.69 Å². The zero-order valence-electron chi connectivity index (χ0n) is 11.2. The molecule has 1 aliphatic heterocycles.